The van der Waals surface area contributed by atoms with Crippen LogP contribution in [0.3, 0.4) is 0 Å². The van der Waals surface area contributed by atoms with Crippen LogP contribution in [0.4, 0.5) is 0 Å². The zero-order valence-electron chi connectivity index (χ0n) is 7.50. The summed E-state index contributed by atoms with van der Waals surface area (Å²) in [5.74, 6) is -1.27. The Morgan fingerprint density at radius 3 is 2.86 bits per heavy atom. The summed E-state index contributed by atoms with van der Waals surface area (Å²) >= 11 is 8.99. The standard InChI is InChI=1S/C9H9BrClNO2/c1-5(9(13)14)4-6-2-3-7(10)8(11)12-6/h2-3,5H,4H2,1H3,(H,13,14). The molecule has 0 aromatic carbocycles. The van der Waals surface area contributed by atoms with E-state index in [9.17, 15) is 4.79 Å². The predicted octanol–water partition coefficient (Wildman–Crippen LogP) is 2.76. The molecule has 0 spiro atoms. The molecule has 1 N–H and O–H groups in total. The molecule has 1 aromatic heterocycles. The highest BCUT2D eigenvalue weighted by Gasteiger charge is 2.12. The Labute approximate surface area is 95.2 Å². The van der Waals surface area contributed by atoms with E-state index in [4.69, 9.17) is 16.7 Å². The molecule has 0 saturated carbocycles. The lowest BCUT2D eigenvalue weighted by atomic mass is 10.1. The van der Waals surface area contributed by atoms with Crippen molar-refractivity contribution in [3.63, 3.8) is 0 Å². The zero-order valence-corrected chi connectivity index (χ0v) is 9.84. The molecular formula is C9H9BrClNO2. The highest BCUT2D eigenvalue weighted by Crippen LogP contribution is 2.20. The highest BCUT2D eigenvalue weighted by atomic mass is 79.9. The molecule has 1 unspecified atom stereocenters. The molecule has 0 aliphatic carbocycles. The molecule has 0 bridgehead atoms. The van der Waals surface area contributed by atoms with E-state index >= 15 is 0 Å². The van der Waals surface area contributed by atoms with Gasteiger partial charge in [-0.1, -0.05) is 18.5 Å². The van der Waals surface area contributed by atoms with Gasteiger partial charge in [-0.15, -0.1) is 0 Å². The lowest BCUT2D eigenvalue weighted by molar-refractivity contribution is -0.141. The van der Waals surface area contributed by atoms with E-state index in [1.807, 2.05) is 0 Å². The van der Waals surface area contributed by atoms with Gasteiger partial charge in [-0.25, -0.2) is 4.98 Å². The molecular weight excluding hydrogens is 269 g/mol. The smallest absolute Gasteiger partial charge is 0.306 e. The van der Waals surface area contributed by atoms with Gasteiger partial charge in [-0.2, -0.15) is 0 Å². The first-order chi connectivity index (χ1) is 6.50. The minimum absolute atomic E-state index is 0.361. The van der Waals surface area contributed by atoms with Gasteiger partial charge in [-0.3, -0.25) is 4.79 Å². The van der Waals surface area contributed by atoms with Crippen LogP contribution in [0, 0.1) is 5.92 Å². The van der Waals surface area contributed by atoms with Crippen LogP contribution in [-0.4, -0.2) is 16.1 Å². The maximum absolute atomic E-state index is 10.6. The molecule has 1 aromatic rings. The molecule has 0 aliphatic rings. The van der Waals surface area contributed by atoms with Crippen molar-refractivity contribution < 1.29 is 9.90 Å². The monoisotopic (exact) mass is 277 g/mol. The normalized spacial score (nSPS) is 12.5. The molecule has 0 radical (unpaired) electrons. The van der Waals surface area contributed by atoms with E-state index < -0.39 is 11.9 Å². The second kappa shape index (κ2) is 4.75. The first-order valence-electron chi connectivity index (χ1n) is 4.04. The first kappa shape index (κ1) is 11.5. The van der Waals surface area contributed by atoms with Crippen molar-refractivity contribution >= 4 is 33.5 Å². The number of carboxylic acid groups (broad SMARTS) is 1. The Kier molecular flexibility index (Phi) is 3.89. The van der Waals surface area contributed by atoms with Gasteiger partial charge in [0.2, 0.25) is 0 Å². The molecule has 0 amide bonds. The molecule has 1 heterocycles. The minimum Gasteiger partial charge on any atom is -0.481 e. The van der Waals surface area contributed by atoms with Crippen LogP contribution < -0.4 is 0 Å². The molecule has 0 fully saturated rings. The Bertz CT molecular complexity index is 357. The summed E-state index contributed by atoms with van der Waals surface area (Å²) < 4.78 is 0.714. The van der Waals surface area contributed by atoms with Crippen LogP contribution in [0.25, 0.3) is 0 Å². The maximum atomic E-state index is 10.6. The van der Waals surface area contributed by atoms with Gasteiger partial charge in [-0.05, 0) is 28.1 Å². The number of pyridine rings is 1. The van der Waals surface area contributed by atoms with E-state index in [1.165, 1.54) is 0 Å². The largest absolute Gasteiger partial charge is 0.481 e. The van der Waals surface area contributed by atoms with Crippen molar-refractivity contribution in [1.82, 2.24) is 4.98 Å². The lowest BCUT2D eigenvalue weighted by Crippen LogP contribution is -2.13. The van der Waals surface area contributed by atoms with Gasteiger partial charge < -0.3 is 5.11 Å². The van der Waals surface area contributed by atoms with Crippen molar-refractivity contribution in [3.8, 4) is 0 Å². The van der Waals surface area contributed by atoms with Crippen LogP contribution in [-0.2, 0) is 11.2 Å². The van der Waals surface area contributed by atoms with Crippen LogP contribution >= 0.6 is 27.5 Å². The first-order valence-corrected chi connectivity index (χ1v) is 5.21. The fourth-order valence-corrected chi connectivity index (χ4v) is 1.36. The number of carboxylic acids is 1. The molecule has 1 atom stereocenters. The number of aliphatic carboxylic acids is 1. The quantitative estimate of drug-likeness (QED) is 0.865. The van der Waals surface area contributed by atoms with Crippen LogP contribution in [0.15, 0.2) is 16.6 Å². The van der Waals surface area contributed by atoms with Gasteiger partial charge in [0.05, 0.1) is 10.4 Å². The van der Waals surface area contributed by atoms with Gasteiger partial charge in [0.1, 0.15) is 5.15 Å². The molecule has 76 valence electrons. The summed E-state index contributed by atoms with van der Waals surface area (Å²) in [4.78, 5) is 14.6. The minimum atomic E-state index is -0.828. The van der Waals surface area contributed by atoms with Gasteiger partial charge >= 0.3 is 5.97 Å². The number of nitrogens with zero attached hydrogens (tertiary/aromatic N) is 1. The van der Waals surface area contributed by atoms with E-state index in [0.29, 0.717) is 21.7 Å². The molecule has 0 saturated heterocycles. The number of aromatic nitrogens is 1. The third-order valence-electron chi connectivity index (χ3n) is 1.80. The molecule has 1 rings (SSSR count). The Morgan fingerprint density at radius 1 is 1.71 bits per heavy atom. The molecule has 0 aliphatic heterocycles. The van der Waals surface area contributed by atoms with Gasteiger partial charge in [0.15, 0.2) is 0 Å². The number of hydrogen-bond donors (Lipinski definition) is 1. The predicted molar refractivity (Wildman–Crippen MR) is 57.5 cm³/mol. The third-order valence-corrected chi connectivity index (χ3v) is 2.95. The Morgan fingerprint density at radius 2 is 2.36 bits per heavy atom. The van der Waals surface area contributed by atoms with Gasteiger partial charge in [0.25, 0.3) is 0 Å². The summed E-state index contributed by atoms with van der Waals surface area (Å²) in [6.45, 7) is 1.64. The van der Waals surface area contributed by atoms with Crippen LogP contribution in [0.2, 0.25) is 5.15 Å². The fourth-order valence-electron chi connectivity index (χ4n) is 0.970. The SMILES string of the molecule is CC(Cc1ccc(Br)c(Cl)n1)C(=O)O. The fraction of sp³-hybridized carbons (Fsp3) is 0.333. The second-order valence-corrected chi connectivity index (χ2v) is 4.23. The molecule has 14 heavy (non-hydrogen) atoms. The zero-order chi connectivity index (χ0) is 10.7. The van der Waals surface area contributed by atoms with Crippen molar-refractivity contribution in [2.45, 2.75) is 13.3 Å². The molecule has 5 heteroatoms. The number of carbonyl (C=O) groups is 1. The summed E-state index contributed by atoms with van der Waals surface area (Å²) in [6.07, 6.45) is 0.391. The summed E-state index contributed by atoms with van der Waals surface area (Å²) in [7, 11) is 0. The summed E-state index contributed by atoms with van der Waals surface area (Å²) in [5.41, 5.74) is 0.688. The summed E-state index contributed by atoms with van der Waals surface area (Å²) in [5, 5.41) is 9.06. The van der Waals surface area contributed by atoms with Crippen molar-refractivity contribution in [3.05, 3.63) is 27.5 Å². The van der Waals surface area contributed by atoms with Crippen molar-refractivity contribution in [2.75, 3.05) is 0 Å². The average molecular weight is 279 g/mol. The maximum Gasteiger partial charge on any atom is 0.306 e. The van der Waals surface area contributed by atoms with E-state index in [1.54, 1.807) is 19.1 Å². The average Bonchev–Trinajstić information content (AvgIpc) is 2.11. The third kappa shape index (κ3) is 2.96. The molecule has 3 nitrogen and oxygen atoms in total. The van der Waals surface area contributed by atoms with E-state index in [0.717, 1.165) is 0 Å². The van der Waals surface area contributed by atoms with E-state index in [2.05, 4.69) is 20.9 Å². The van der Waals surface area contributed by atoms with Crippen LogP contribution in [0.1, 0.15) is 12.6 Å². The highest BCUT2D eigenvalue weighted by molar-refractivity contribution is 9.10. The van der Waals surface area contributed by atoms with Crippen molar-refractivity contribution in [1.29, 1.82) is 0 Å². The number of rotatable bonds is 3. The van der Waals surface area contributed by atoms with Crippen LogP contribution in [0.5, 0.6) is 0 Å². The Hall–Kier alpha value is -0.610. The van der Waals surface area contributed by atoms with Gasteiger partial charge in [0, 0.05) is 12.1 Å². The summed E-state index contributed by atoms with van der Waals surface area (Å²) in [6, 6.07) is 3.52. The second-order valence-electron chi connectivity index (χ2n) is 3.02. The van der Waals surface area contributed by atoms with Crippen molar-refractivity contribution in [2.24, 2.45) is 5.92 Å². The van der Waals surface area contributed by atoms with E-state index in [-0.39, 0.29) is 0 Å². The number of hydrogen-bond acceptors (Lipinski definition) is 2. The number of halogens is 2. The lowest BCUT2D eigenvalue weighted by Gasteiger charge is -2.05. The topological polar surface area (TPSA) is 50.2 Å². The Balaban J connectivity index is 2.78.